The lowest BCUT2D eigenvalue weighted by Gasteiger charge is -2.18. The Bertz CT molecular complexity index is 1260. The highest BCUT2D eigenvalue weighted by molar-refractivity contribution is 7.99. The fourth-order valence-electron chi connectivity index (χ4n) is 3.09. The summed E-state index contributed by atoms with van der Waals surface area (Å²) in [6.45, 7) is 0.999. The molecule has 31 heavy (non-hydrogen) atoms. The van der Waals surface area contributed by atoms with E-state index in [9.17, 15) is 9.18 Å². The van der Waals surface area contributed by atoms with Crippen molar-refractivity contribution in [1.29, 1.82) is 0 Å². The van der Waals surface area contributed by atoms with Crippen LogP contribution in [0.5, 0.6) is 11.5 Å². The molecule has 2 aromatic carbocycles. The van der Waals surface area contributed by atoms with Crippen LogP contribution in [-0.2, 0) is 4.79 Å². The Labute approximate surface area is 180 Å². The molecule has 156 valence electrons. The van der Waals surface area contributed by atoms with Crippen LogP contribution in [0, 0.1) is 5.82 Å². The Morgan fingerprint density at radius 1 is 1.03 bits per heavy atom. The van der Waals surface area contributed by atoms with Crippen LogP contribution in [0.4, 0.5) is 10.1 Å². The molecule has 0 atom stereocenters. The van der Waals surface area contributed by atoms with Gasteiger partial charge in [0, 0.05) is 17.3 Å². The van der Waals surface area contributed by atoms with Crippen LogP contribution < -0.4 is 14.8 Å². The van der Waals surface area contributed by atoms with E-state index in [1.165, 1.54) is 23.9 Å². The van der Waals surface area contributed by atoms with E-state index >= 15 is 0 Å². The predicted molar refractivity (Wildman–Crippen MR) is 113 cm³/mol. The molecule has 0 saturated carbocycles. The van der Waals surface area contributed by atoms with Gasteiger partial charge in [-0.15, -0.1) is 10.2 Å². The number of benzene rings is 2. The number of amides is 1. The van der Waals surface area contributed by atoms with Gasteiger partial charge in [0.05, 0.1) is 5.75 Å². The van der Waals surface area contributed by atoms with Crippen molar-refractivity contribution in [2.24, 2.45) is 0 Å². The highest BCUT2D eigenvalue weighted by Gasteiger charge is 2.14. The maximum absolute atomic E-state index is 13.2. The van der Waals surface area contributed by atoms with Crippen molar-refractivity contribution in [3.63, 3.8) is 0 Å². The molecule has 0 bridgehead atoms. The Morgan fingerprint density at radius 3 is 2.68 bits per heavy atom. The summed E-state index contributed by atoms with van der Waals surface area (Å²) in [6, 6.07) is 14.8. The SMILES string of the molecule is O=C(CSc1ccc2nnc(-c3ccc(F)cc3)n2n1)Nc1ccc2c(c1)OCCO2. The monoisotopic (exact) mass is 437 g/mol. The molecule has 1 amide bonds. The number of thioether (sulfide) groups is 1. The van der Waals surface area contributed by atoms with Gasteiger partial charge in [0.2, 0.25) is 5.91 Å². The lowest BCUT2D eigenvalue weighted by Crippen LogP contribution is -2.17. The summed E-state index contributed by atoms with van der Waals surface area (Å²) < 4.78 is 25.8. The second-order valence-corrected chi connectivity index (χ2v) is 7.66. The van der Waals surface area contributed by atoms with Gasteiger partial charge in [0.1, 0.15) is 24.1 Å². The van der Waals surface area contributed by atoms with Gasteiger partial charge in [-0.25, -0.2) is 4.39 Å². The van der Waals surface area contributed by atoms with Crippen molar-refractivity contribution >= 4 is 29.0 Å². The number of halogens is 1. The van der Waals surface area contributed by atoms with E-state index in [1.54, 1.807) is 47.0 Å². The zero-order valence-electron chi connectivity index (χ0n) is 16.1. The number of aromatic nitrogens is 4. The molecule has 0 spiro atoms. The van der Waals surface area contributed by atoms with E-state index in [0.29, 0.717) is 52.5 Å². The number of carbonyl (C=O) groups excluding carboxylic acids is 1. The number of fused-ring (bicyclic) bond motifs is 2. The van der Waals surface area contributed by atoms with Crippen molar-refractivity contribution in [3.05, 3.63) is 60.4 Å². The summed E-state index contributed by atoms with van der Waals surface area (Å²) in [6.07, 6.45) is 0. The topological polar surface area (TPSA) is 90.6 Å². The van der Waals surface area contributed by atoms with Crippen LogP contribution >= 0.6 is 11.8 Å². The van der Waals surface area contributed by atoms with Gasteiger partial charge in [-0.1, -0.05) is 11.8 Å². The average Bonchev–Trinajstić information content (AvgIpc) is 3.21. The van der Waals surface area contributed by atoms with E-state index in [0.717, 1.165) is 0 Å². The third-order valence-corrected chi connectivity index (χ3v) is 5.44. The fourth-order valence-corrected chi connectivity index (χ4v) is 3.74. The second-order valence-electron chi connectivity index (χ2n) is 6.67. The maximum atomic E-state index is 13.2. The van der Waals surface area contributed by atoms with Gasteiger partial charge >= 0.3 is 0 Å². The molecule has 0 saturated heterocycles. The van der Waals surface area contributed by atoms with Crippen LogP contribution in [0.25, 0.3) is 17.0 Å². The molecule has 1 N–H and O–H groups in total. The molecule has 0 radical (unpaired) electrons. The number of anilines is 1. The first-order valence-corrected chi connectivity index (χ1v) is 10.4. The lowest BCUT2D eigenvalue weighted by molar-refractivity contribution is -0.113. The van der Waals surface area contributed by atoms with Gasteiger partial charge in [-0.05, 0) is 48.5 Å². The normalized spacial score (nSPS) is 12.7. The summed E-state index contributed by atoms with van der Waals surface area (Å²) in [5.41, 5.74) is 1.89. The minimum Gasteiger partial charge on any atom is -0.486 e. The second kappa shape index (κ2) is 8.23. The first kappa shape index (κ1) is 19.3. The molecule has 2 aromatic heterocycles. The Kier molecular flexibility index (Phi) is 5.13. The number of nitrogens with one attached hydrogen (secondary N) is 1. The summed E-state index contributed by atoms with van der Waals surface area (Å²) in [7, 11) is 0. The quantitative estimate of drug-likeness (QED) is 0.479. The third-order valence-electron chi connectivity index (χ3n) is 4.52. The smallest absolute Gasteiger partial charge is 0.234 e. The van der Waals surface area contributed by atoms with E-state index in [4.69, 9.17) is 9.47 Å². The number of hydrogen-bond donors (Lipinski definition) is 1. The van der Waals surface area contributed by atoms with Crippen LogP contribution in [0.1, 0.15) is 0 Å². The predicted octanol–water partition coefficient (Wildman–Crippen LogP) is 3.43. The van der Waals surface area contributed by atoms with E-state index in [1.807, 2.05) is 0 Å². The van der Waals surface area contributed by atoms with Crippen molar-refractivity contribution in [2.75, 3.05) is 24.3 Å². The molecule has 4 aromatic rings. The summed E-state index contributed by atoms with van der Waals surface area (Å²) in [4.78, 5) is 12.4. The molecule has 1 aliphatic rings. The van der Waals surface area contributed by atoms with Crippen LogP contribution in [0.3, 0.4) is 0 Å². The number of ether oxygens (including phenoxy) is 2. The van der Waals surface area contributed by atoms with Gasteiger partial charge in [-0.3, -0.25) is 4.79 Å². The van der Waals surface area contributed by atoms with Crippen molar-refractivity contribution in [2.45, 2.75) is 5.03 Å². The fraction of sp³-hybridized carbons (Fsp3) is 0.143. The first-order valence-electron chi connectivity index (χ1n) is 9.46. The molecular formula is C21H16FN5O3S. The maximum Gasteiger partial charge on any atom is 0.234 e. The molecule has 3 heterocycles. The highest BCUT2D eigenvalue weighted by atomic mass is 32.2. The van der Waals surface area contributed by atoms with Gasteiger partial charge in [0.15, 0.2) is 23.0 Å². The van der Waals surface area contributed by atoms with Gasteiger partial charge in [0.25, 0.3) is 0 Å². The highest BCUT2D eigenvalue weighted by Crippen LogP contribution is 2.32. The Balaban J connectivity index is 1.28. The number of rotatable bonds is 5. The molecule has 1 aliphatic heterocycles. The summed E-state index contributed by atoms with van der Waals surface area (Å²) >= 11 is 1.29. The average molecular weight is 437 g/mol. The largest absolute Gasteiger partial charge is 0.486 e. The van der Waals surface area contributed by atoms with Crippen molar-refractivity contribution in [1.82, 2.24) is 19.8 Å². The van der Waals surface area contributed by atoms with Crippen molar-refractivity contribution < 1.29 is 18.7 Å². The zero-order valence-corrected chi connectivity index (χ0v) is 16.9. The number of carbonyl (C=O) groups is 1. The number of nitrogens with zero attached hydrogens (tertiary/aromatic N) is 4. The third kappa shape index (κ3) is 4.15. The Morgan fingerprint density at radius 2 is 1.84 bits per heavy atom. The van der Waals surface area contributed by atoms with Crippen molar-refractivity contribution in [3.8, 4) is 22.9 Å². The molecule has 8 nitrogen and oxygen atoms in total. The molecular weight excluding hydrogens is 421 g/mol. The lowest BCUT2D eigenvalue weighted by atomic mass is 10.2. The standard InChI is InChI=1S/C21H16FN5O3S/c22-14-3-1-13(2-4-14)21-25-24-18-7-8-20(26-27(18)21)31-12-19(28)23-15-5-6-16-17(11-15)30-10-9-29-16/h1-8,11H,9-10,12H2,(H,23,28). The van der Waals surface area contributed by atoms with Gasteiger partial charge < -0.3 is 14.8 Å². The number of hydrogen-bond acceptors (Lipinski definition) is 7. The van der Waals surface area contributed by atoms with E-state index in [2.05, 4.69) is 20.6 Å². The molecule has 0 aliphatic carbocycles. The Hall–Kier alpha value is -3.66. The van der Waals surface area contributed by atoms with E-state index in [-0.39, 0.29) is 17.5 Å². The van der Waals surface area contributed by atoms with Gasteiger partial charge in [-0.2, -0.15) is 9.61 Å². The summed E-state index contributed by atoms with van der Waals surface area (Å²) in [5, 5.41) is 16.2. The molecule has 10 heteroatoms. The minimum atomic E-state index is -0.328. The van der Waals surface area contributed by atoms with Crippen LogP contribution in [0.15, 0.2) is 59.6 Å². The molecule has 0 fully saturated rings. The minimum absolute atomic E-state index is 0.168. The van der Waals surface area contributed by atoms with Crippen LogP contribution in [0.2, 0.25) is 0 Å². The van der Waals surface area contributed by atoms with Crippen LogP contribution in [-0.4, -0.2) is 44.7 Å². The first-order chi connectivity index (χ1) is 15.2. The van der Waals surface area contributed by atoms with E-state index < -0.39 is 0 Å². The zero-order chi connectivity index (χ0) is 21.2. The molecule has 0 unspecified atom stereocenters. The summed E-state index contributed by atoms with van der Waals surface area (Å²) in [5.74, 6) is 1.45. The molecule has 5 rings (SSSR count).